The summed E-state index contributed by atoms with van der Waals surface area (Å²) in [6, 6.07) is 0. The minimum atomic E-state index is 0.441. The van der Waals surface area contributed by atoms with Gasteiger partial charge in [-0.1, -0.05) is 60.8 Å². The van der Waals surface area contributed by atoms with Crippen LogP contribution in [-0.2, 0) is 0 Å². The lowest BCUT2D eigenvalue weighted by atomic mass is 9.58. The van der Waals surface area contributed by atoms with Gasteiger partial charge in [-0.3, -0.25) is 0 Å². The van der Waals surface area contributed by atoms with Crippen molar-refractivity contribution >= 4 is 0 Å². The van der Waals surface area contributed by atoms with Crippen molar-refractivity contribution in [1.82, 2.24) is 0 Å². The van der Waals surface area contributed by atoms with E-state index < -0.39 is 0 Å². The molecular formula is C15H30. The summed E-state index contributed by atoms with van der Waals surface area (Å²) in [7, 11) is 0. The standard InChI is InChI=1S/C15H30/c1-7-12-8-10-13(11-9-12)15(5,6)14(2,3)4/h12-13H,7-11H2,1-6H3. The fourth-order valence-electron chi connectivity index (χ4n) is 2.90. The molecular weight excluding hydrogens is 180 g/mol. The van der Waals surface area contributed by atoms with Crippen LogP contribution in [0.25, 0.3) is 0 Å². The van der Waals surface area contributed by atoms with E-state index in [0.717, 1.165) is 11.8 Å². The zero-order valence-corrected chi connectivity index (χ0v) is 11.7. The van der Waals surface area contributed by atoms with Gasteiger partial charge in [-0.05, 0) is 35.5 Å². The van der Waals surface area contributed by atoms with Gasteiger partial charge in [0.15, 0.2) is 0 Å². The first-order chi connectivity index (χ1) is 6.79. The van der Waals surface area contributed by atoms with Crippen LogP contribution in [0, 0.1) is 22.7 Å². The van der Waals surface area contributed by atoms with Crippen LogP contribution in [-0.4, -0.2) is 0 Å². The summed E-state index contributed by atoms with van der Waals surface area (Å²) in [5, 5.41) is 0. The van der Waals surface area contributed by atoms with Gasteiger partial charge in [0.25, 0.3) is 0 Å². The second kappa shape index (κ2) is 4.47. The molecule has 0 aromatic rings. The van der Waals surface area contributed by atoms with Crippen LogP contribution in [0.1, 0.15) is 73.6 Å². The van der Waals surface area contributed by atoms with Gasteiger partial charge in [-0.25, -0.2) is 0 Å². The van der Waals surface area contributed by atoms with E-state index in [0.29, 0.717) is 10.8 Å². The zero-order chi connectivity index (χ0) is 11.7. The zero-order valence-electron chi connectivity index (χ0n) is 11.7. The average Bonchev–Trinajstić information content (AvgIpc) is 2.16. The van der Waals surface area contributed by atoms with Gasteiger partial charge in [-0.2, -0.15) is 0 Å². The smallest absolute Gasteiger partial charge is 0.0277 e. The Hall–Kier alpha value is 0. The van der Waals surface area contributed by atoms with Crippen molar-refractivity contribution in [2.45, 2.75) is 73.6 Å². The first-order valence-electron chi connectivity index (χ1n) is 6.79. The maximum absolute atomic E-state index is 2.48. The van der Waals surface area contributed by atoms with Crippen molar-refractivity contribution < 1.29 is 0 Å². The molecule has 0 atom stereocenters. The highest BCUT2D eigenvalue weighted by Gasteiger charge is 2.40. The molecule has 0 amide bonds. The molecule has 0 unspecified atom stereocenters. The van der Waals surface area contributed by atoms with Gasteiger partial charge in [0.05, 0.1) is 0 Å². The molecule has 1 rings (SSSR count). The Morgan fingerprint density at radius 2 is 1.33 bits per heavy atom. The average molecular weight is 210 g/mol. The van der Waals surface area contributed by atoms with Crippen LogP contribution in [0.3, 0.4) is 0 Å². The van der Waals surface area contributed by atoms with Gasteiger partial charge in [-0.15, -0.1) is 0 Å². The van der Waals surface area contributed by atoms with Gasteiger partial charge in [0.2, 0.25) is 0 Å². The highest BCUT2D eigenvalue weighted by molar-refractivity contribution is 4.90. The molecule has 0 heteroatoms. The first kappa shape index (κ1) is 13.1. The Labute approximate surface area is 96.8 Å². The minimum Gasteiger partial charge on any atom is -0.0651 e. The SMILES string of the molecule is CCC1CCC(C(C)(C)C(C)(C)C)CC1. The lowest BCUT2D eigenvalue weighted by molar-refractivity contribution is 0.0233. The Balaban J connectivity index is 2.60. The summed E-state index contributed by atoms with van der Waals surface area (Å²) in [6.45, 7) is 14.5. The predicted molar refractivity (Wildman–Crippen MR) is 69.0 cm³/mol. The fraction of sp³-hybridized carbons (Fsp3) is 1.00. The predicted octanol–water partition coefficient (Wildman–Crippen LogP) is 5.28. The van der Waals surface area contributed by atoms with Gasteiger partial charge in [0, 0.05) is 0 Å². The van der Waals surface area contributed by atoms with Gasteiger partial charge in [0.1, 0.15) is 0 Å². The molecule has 0 N–H and O–H groups in total. The highest BCUT2D eigenvalue weighted by Crippen LogP contribution is 2.50. The van der Waals surface area contributed by atoms with E-state index in [4.69, 9.17) is 0 Å². The first-order valence-corrected chi connectivity index (χ1v) is 6.79. The molecule has 0 aromatic carbocycles. The van der Waals surface area contributed by atoms with Crippen LogP contribution in [0.4, 0.5) is 0 Å². The van der Waals surface area contributed by atoms with E-state index in [9.17, 15) is 0 Å². The maximum atomic E-state index is 2.48. The molecule has 15 heavy (non-hydrogen) atoms. The van der Waals surface area contributed by atoms with E-state index >= 15 is 0 Å². The quantitative estimate of drug-likeness (QED) is 0.582. The van der Waals surface area contributed by atoms with E-state index in [1.54, 1.807) is 0 Å². The number of hydrogen-bond acceptors (Lipinski definition) is 0. The highest BCUT2D eigenvalue weighted by atomic mass is 14.5. The normalized spacial score (nSPS) is 29.2. The molecule has 0 nitrogen and oxygen atoms in total. The molecule has 90 valence electrons. The van der Waals surface area contributed by atoms with Crippen LogP contribution >= 0.6 is 0 Å². The van der Waals surface area contributed by atoms with Crippen LogP contribution in [0.5, 0.6) is 0 Å². The Morgan fingerprint density at radius 1 is 0.867 bits per heavy atom. The van der Waals surface area contributed by atoms with E-state index in [2.05, 4.69) is 41.5 Å². The van der Waals surface area contributed by atoms with E-state index in [-0.39, 0.29) is 0 Å². The van der Waals surface area contributed by atoms with Crippen LogP contribution in [0.2, 0.25) is 0 Å². The molecule has 1 aliphatic carbocycles. The second-order valence-corrected chi connectivity index (χ2v) is 7.10. The topological polar surface area (TPSA) is 0 Å². The lowest BCUT2D eigenvalue weighted by Crippen LogP contribution is -2.38. The number of hydrogen-bond donors (Lipinski definition) is 0. The summed E-state index contributed by atoms with van der Waals surface area (Å²) in [5.74, 6) is 1.97. The molecule has 1 fully saturated rings. The largest absolute Gasteiger partial charge is 0.0651 e. The minimum absolute atomic E-state index is 0.441. The summed E-state index contributed by atoms with van der Waals surface area (Å²) in [6.07, 6.45) is 7.26. The van der Waals surface area contributed by atoms with Crippen LogP contribution < -0.4 is 0 Å². The van der Waals surface area contributed by atoms with Crippen molar-refractivity contribution in [3.63, 3.8) is 0 Å². The molecule has 0 bridgehead atoms. The maximum Gasteiger partial charge on any atom is -0.0277 e. The van der Waals surface area contributed by atoms with Crippen molar-refractivity contribution in [2.24, 2.45) is 22.7 Å². The van der Waals surface area contributed by atoms with Crippen molar-refractivity contribution in [3.05, 3.63) is 0 Å². The third-order valence-corrected chi connectivity index (χ3v) is 5.38. The Kier molecular flexibility index (Phi) is 3.90. The Bertz CT molecular complexity index is 187. The molecule has 0 aromatic heterocycles. The third kappa shape index (κ3) is 2.77. The summed E-state index contributed by atoms with van der Waals surface area (Å²) < 4.78 is 0. The molecule has 0 spiro atoms. The molecule has 1 saturated carbocycles. The van der Waals surface area contributed by atoms with E-state index in [1.807, 2.05) is 0 Å². The van der Waals surface area contributed by atoms with Crippen molar-refractivity contribution in [1.29, 1.82) is 0 Å². The van der Waals surface area contributed by atoms with Crippen molar-refractivity contribution in [3.8, 4) is 0 Å². The monoisotopic (exact) mass is 210 g/mol. The molecule has 0 aliphatic heterocycles. The summed E-state index contributed by atoms with van der Waals surface area (Å²) >= 11 is 0. The summed E-state index contributed by atoms with van der Waals surface area (Å²) in [5.41, 5.74) is 0.933. The lowest BCUT2D eigenvalue weighted by Gasteiger charge is -2.47. The van der Waals surface area contributed by atoms with Crippen molar-refractivity contribution in [2.75, 3.05) is 0 Å². The molecule has 0 saturated heterocycles. The fourth-order valence-corrected chi connectivity index (χ4v) is 2.90. The Morgan fingerprint density at radius 3 is 1.67 bits per heavy atom. The van der Waals surface area contributed by atoms with E-state index in [1.165, 1.54) is 32.1 Å². The number of rotatable bonds is 2. The van der Waals surface area contributed by atoms with Crippen LogP contribution in [0.15, 0.2) is 0 Å². The summed E-state index contributed by atoms with van der Waals surface area (Å²) in [4.78, 5) is 0. The molecule has 1 aliphatic rings. The second-order valence-electron chi connectivity index (χ2n) is 7.10. The van der Waals surface area contributed by atoms with Gasteiger partial charge < -0.3 is 0 Å². The molecule has 0 radical (unpaired) electrons. The molecule has 0 heterocycles. The third-order valence-electron chi connectivity index (χ3n) is 5.38. The van der Waals surface area contributed by atoms with Gasteiger partial charge >= 0.3 is 0 Å².